The Kier molecular flexibility index (Phi) is 4.21. The van der Waals surface area contributed by atoms with Gasteiger partial charge in [-0.2, -0.15) is 5.10 Å². The fourth-order valence-electron chi connectivity index (χ4n) is 4.45. The molecule has 0 radical (unpaired) electrons. The molecule has 1 aliphatic rings. The molecule has 3 nitrogen and oxygen atoms in total. The van der Waals surface area contributed by atoms with Crippen molar-refractivity contribution in [2.24, 2.45) is 0 Å². The maximum atomic E-state index is 10.2. The minimum atomic E-state index is 0.258. The third-order valence-electron chi connectivity index (χ3n) is 5.89. The van der Waals surface area contributed by atoms with Crippen LogP contribution in [0.3, 0.4) is 0 Å². The molecule has 0 saturated heterocycles. The molecular formula is C25H22N2O. The number of para-hydroxylation sites is 1. The third kappa shape index (κ3) is 2.99. The quantitative estimate of drug-likeness (QED) is 0.507. The fourth-order valence-corrected chi connectivity index (χ4v) is 4.45. The Labute approximate surface area is 164 Å². The van der Waals surface area contributed by atoms with Crippen molar-refractivity contribution in [2.75, 3.05) is 0 Å². The molecule has 28 heavy (non-hydrogen) atoms. The summed E-state index contributed by atoms with van der Waals surface area (Å²) >= 11 is 0. The van der Waals surface area contributed by atoms with Crippen LogP contribution in [0.4, 0.5) is 0 Å². The largest absolute Gasteiger partial charge is 0.507 e. The molecule has 0 aliphatic heterocycles. The van der Waals surface area contributed by atoms with Crippen LogP contribution in [0, 0.1) is 0 Å². The van der Waals surface area contributed by atoms with Crippen molar-refractivity contribution in [1.82, 2.24) is 10.2 Å². The number of hydrogen-bond donors (Lipinski definition) is 2. The number of hydrogen-bond acceptors (Lipinski definition) is 2. The number of aromatic amines is 1. The molecule has 0 bridgehead atoms. The van der Waals surface area contributed by atoms with Crippen LogP contribution in [0.25, 0.3) is 11.3 Å². The summed E-state index contributed by atoms with van der Waals surface area (Å²) < 4.78 is 0. The van der Waals surface area contributed by atoms with E-state index in [0.29, 0.717) is 11.8 Å². The van der Waals surface area contributed by atoms with Crippen molar-refractivity contribution in [2.45, 2.75) is 24.7 Å². The van der Waals surface area contributed by atoms with Crippen LogP contribution >= 0.6 is 0 Å². The first-order chi connectivity index (χ1) is 13.8. The van der Waals surface area contributed by atoms with Gasteiger partial charge in [-0.1, -0.05) is 66.7 Å². The Morgan fingerprint density at radius 2 is 1.39 bits per heavy atom. The van der Waals surface area contributed by atoms with E-state index in [-0.39, 0.29) is 5.75 Å². The van der Waals surface area contributed by atoms with Gasteiger partial charge in [-0.3, -0.25) is 5.10 Å². The monoisotopic (exact) mass is 366 g/mol. The van der Waals surface area contributed by atoms with Crippen LogP contribution in [0.5, 0.6) is 5.75 Å². The van der Waals surface area contributed by atoms with Gasteiger partial charge in [-0.15, -0.1) is 0 Å². The number of phenols is 1. The number of aromatic nitrogens is 2. The standard InChI is InChI=1S/C25H22N2O/c28-25-13-7-6-12-20(25)23-16-24(27-26-23)22-15-19-11-5-4-10-18(19)14-21(22)17-8-2-1-3-9-17/h1-13,16,21-22,28H,14-15H2,(H,26,27). The number of aromatic hydroxyl groups is 1. The number of benzene rings is 3. The van der Waals surface area contributed by atoms with E-state index in [1.165, 1.54) is 16.7 Å². The summed E-state index contributed by atoms with van der Waals surface area (Å²) in [6.45, 7) is 0. The number of nitrogens with zero attached hydrogens (tertiary/aromatic N) is 1. The minimum Gasteiger partial charge on any atom is -0.507 e. The van der Waals surface area contributed by atoms with E-state index in [1.807, 2.05) is 18.2 Å². The van der Waals surface area contributed by atoms with Gasteiger partial charge in [-0.25, -0.2) is 0 Å². The lowest BCUT2D eigenvalue weighted by Gasteiger charge is -2.33. The minimum absolute atomic E-state index is 0.258. The van der Waals surface area contributed by atoms with E-state index in [0.717, 1.165) is 29.8 Å². The number of nitrogens with one attached hydrogen (secondary N) is 1. The summed E-state index contributed by atoms with van der Waals surface area (Å²) in [4.78, 5) is 0. The summed E-state index contributed by atoms with van der Waals surface area (Å²) in [6.07, 6.45) is 2.01. The molecule has 3 heteroatoms. The van der Waals surface area contributed by atoms with Gasteiger partial charge in [0, 0.05) is 17.2 Å². The Morgan fingerprint density at radius 3 is 2.14 bits per heavy atom. The number of fused-ring (bicyclic) bond motifs is 1. The van der Waals surface area contributed by atoms with Crippen molar-refractivity contribution in [3.8, 4) is 17.0 Å². The van der Waals surface area contributed by atoms with Crippen molar-refractivity contribution >= 4 is 0 Å². The van der Waals surface area contributed by atoms with Gasteiger partial charge in [0.05, 0.1) is 5.69 Å². The van der Waals surface area contributed by atoms with E-state index in [4.69, 9.17) is 0 Å². The zero-order chi connectivity index (χ0) is 18.9. The molecule has 3 aromatic carbocycles. The van der Waals surface area contributed by atoms with Crippen LogP contribution in [-0.2, 0) is 12.8 Å². The van der Waals surface area contributed by atoms with E-state index < -0.39 is 0 Å². The Bertz CT molecular complexity index is 1100. The first-order valence-corrected chi connectivity index (χ1v) is 9.75. The Hall–Kier alpha value is -3.33. The second kappa shape index (κ2) is 7.01. The van der Waals surface area contributed by atoms with Gasteiger partial charge in [-0.05, 0) is 53.6 Å². The average molecular weight is 366 g/mol. The molecule has 1 aliphatic carbocycles. The predicted octanol–water partition coefficient (Wildman–Crippen LogP) is 5.45. The summed E-state index contributed by atoms with van der Waals surface area (Å²) in [6, 6.07) is 29.0. The third-order valence-corrected chi connectivity index (χ3v) is 5.89. The average Bonchev–Trinajstić information content (AvgIpc) is 3.23. The SMILES string of the molecule is Oc1ccccc1-c1cc(C2Cc3ccccc3CC2c2ccccc2)[nH]n1. The molecule has 0 fully saturated rings. The highest BCUT2D eigenvalue weighted by molar-refractivity contribution is 5.66. The highest BCUT2D eigenvalue weighted by atomic mass is 16.3. The number of rotatable bonds is 3. The summed E-state index contributed by atoms with van der Waals surface area (Å²) in [5.41, 5.74) is 6.89. The summed E-state index contributed by atoms with van der Waals surface area (Å²) in [7, 11) is 0. The van der Waals surface area contributed by atoms with E-state index in [2.05, 4.69) is 70.9 Å². The molecule has 2 atom stereocenters. The van der Waals surface area contributed by atoms with Crippen molar-refractivity contribution < 1.29 is 5.11 Å². The topological polar surface area (TPSA) is 48.9 Å². The summed E-state index contributed by atoms with van der Waals surface area (Å²) in [5, 5.41) is 18.0. The molecule has 4 aromatic rings. The Balaban J connectivity index is 1.56. The lowest BCUT2D eigenvalue weighted by atomic mass is 9.71. The lowest BCUT2D eigenvalue weighted by molar-refractivity contribution is 0.477. The first-order valence-electron chi connectivity index (χ1n) is 9.75. The lowest BCUT2D eigenvalue weighted by Crippen LogP contribution is -2.22. The van der Waals surface area contributed by atoms with E-state index >= 15 is 0 Å². The van der Waals surface area contributed by atoms with Crippen molar-refractivity contribution in [1.29, 1.82) is 0 Å². The normalized spacial score (nSPS) is 18.6. The van der Waals surface area contributed by atoms with Gasteiger partial charge in [0.15, 0.2) is 0 Å². The van der Waals surface area contributed by atoms with Crippen LogP contribution in [0.1, 0.15) is 34.2 Å². The van der Waals surface area contributed by atoms with Gasteiger partial charge < -0.3 is 5.11 Å². The zero-order valence-corrected chi connectivity index (χ0v) is 15.5. The van der Waals surface area contributed by atoms with Gasteiger partial charge in [0.2, 0.25) is 0 Å². The molecule has 2 N–H and O–H groups in total. The highest BCUT2D eigenvalue weighted by Crippen LogP contribution is 2.43. The maximum absolute atomic E-state index is 10.2. The first kappa shape index (κ1) is 16.8. The van der Waals surface area contributed by atoms with Crippen LogP contribution in [0.2, 0.25) is 0 Å². The number of phenolic OH excluding ortho intramolecular Hbond substituents is 1. The smallest absolute Gasteiger partial charge is 0.125 e. The predicted molar refractivity (Wildman–Crippen MR) is 111 cm³/mol. The van der Waals surface area contributed by atoms with Crippen LogP contribution in [0.15, 0.2) is 84.9 Å². The molecule has 1 aromatic heterocycles. The van der Waals surface area contributed by atoms with Crippen molar-refractivity contribution in [3.05, 3.63) is 107 Å². The van der Waals surface area contributed by atoms with Gasteiger partial charge in [0.1, 0.15) is 5.75 Å². The molecule has 0 saturated carbocycles. The van der Waals surface area contributed by atoms with Gasteiger partial charge in [0.25, 0.3) is 0 Å². The molecule has 2 unspecified atom stereocenters. The second-order valence-electron chi connectivity index (χ2n) is 7.53. The fraction of sp³-hybridized carbons (Fsp3) is 0.160. The molecular weight excluding hydrogens is 344 g/mol. The maximum Gasteiger partial charge on any atom is 0.125 e. The summed E-state index contributed by atoms with van der Waals surface area (Å²) in [5.74, 6) is 0.979. The van der Waals surface area contributed by atoms with Crippen LogP contribution in [-0.4, -0.2) is 15.3 Å². The molecule has 5 rings (SSSR count). The molecule has 0 amide bonds. The molecule has 1 heterocycles. The Morgan fingerprint density at radius 1 is 0.750 bits per heavy atom. The number of H-pyrrole nitrogens is 1. The van der Waals surface area contributed by atoms with Gasteiger partial charge >= 0.3 is 0 Å². The highest BCUT2D eigenvalue weighted by Gasteiger charge is 2.32. The van der Waals surface area contributed by atoms with E-state index in [9.17, 15) is 5.11 Å². The van der Waals surface area contributed by atoms with Crippen molar-refractivity contribution in [3.63, 3.8) is 0 Å². The van der Waals surface area contributed by atoms with Crippen LogP contribution < -0.4 is 0 Å². The second-order valence-corrected chi connectivity index (χ2v) is 7.53. The zero-order valence-electron chi connectivity index (χ0n) is 15.5. The molecule has 138 valence electrons. The van der Waals surface area contributed by atoms with E-state index in [1.54, 1.807) is 6.07 Å². The molecule has 0 spiro atoms.